The van der Waals surface area contributed by atoms with E-state index in [-0.39, 0.29) is 5.78 Å². The molecule has 0 saturated carbocycles. The molecule has 84 valence electrons. The first-order valence-corrected chi connectivity index (χ1v) is 5.61. The van der Waals surface area contributed by atoms with Gasteiger partial charge in [0.1, 0.15) is 5.75 Å². The Morgan fingerprint density at radius 3 is 2.94 bits per heavy atom. The van der Waals surface area contributed by atoms with E-state index in [4.69, 9.17) is 4.74 Å². The van der Waals surface area contributed by atoms with Crippen LogP contribution in [-0.2, 0) is 4.79 Å². The lowest BCUT2D eigenvalue weighted by Crippen LogP contribution is -1.96. The quantitative estimate of drug-likeness (QED) is 0.778. The van der Waals surface area contributed by atoms with E-state index in [9.17, 15) is 4.79 Å². The van der Waals surface area contributed by atoms with E-state index < -0.39 is 0 Å². The van der Waals surface area contributed by atoms with Crippen LogP contribution in [0.25, 0.3) is 5.57 Å². The predicted molar refractivity (Wildman–Crippen MR) is 62.2 cm³/mol. The highest BCUT2D eigenvalue weighted by atomic mass is 16.5. The van der Waals surface area contributed by atoms with Crippen LogP contribution in [-0.4, -0.2) is 17.4 Å². The Morgan fingerprint density at radius 2 is 2.25 bits per heavy atom. The molecule has 0 bridgehead atoms. The summed E-state index contributed by atoms with van der Waals surface area (Å²) in [6, 6.07) is 1.95. The maximum absolute atomic E-state index is 11.2. The summed E-state index contributed by atoms with van der Waals surface area (Å²) >= 11 is 0. The lowest BCUT2D eigenvalue weighted by atomic mass is 10.1. The van der Waals surface area contributed by atoms with Crippen molar-refractivity contribution < 1.29 is 9.53 Å². The molecule has 0 saturated heterocycles. The van der Waals surface area contributed by atoms with Gasteiger partial charge in [0.25, 0.3) is 0 Å². The van der Waals surface area contributed by atoms with Gasteiger partial charge in [0.15, 0.2) is 5.78 Å². The molecule has 1 aliphatic carbocycles. The minimum absolute atomic E-state index is 0.204. The molecule has 0 N–H and O–H groups in total. The lowest BCUT2D eigenvalue weighted by molar-refractivity contribution is -0.114. The molecule has 2 rings (SSSR count). The van der Waals surface area contributed by atoms with Crippen molar-refractivity contribution in [1.82, 2.24) is 4.98 Å². The minimum Gasteiger partial charge on any atom is -0.492 e. The van der Waals surface area contributed by atoms with Crippen LogP contribution in [0.3, 0.4) is 0 Å². The maximum atomic E-state index is 11.2. The van der Waals surface area contributed by atoms with Gasteiger partial charge in [0.2, 0.25) is 0 Å². The Morgan fingerprint density at radius 1 is 1.38 bits per heavy atom. The van der Waals surface area contributed by atoms with Crippen LogP contribution in [0.5, 0.6) is 5.75 Å². The zero-order valence-corrected chi connectivity index (χ0v) is 9.40. The Balaban J connectivity index is 2.16. The van der Waals surface area contributed by atoms with Crippen LogP contribution in [0, 0.1) is 0 Å². The second-order valence-corrected chi connectivity index (χ2v) is 3.89. The lowest BCUT2D eigenvalue weighted by Gasteiger charge is -2.06. The SMILES string of the molecule is CCCOc1cncc(C2=CC(=O)CC2)c1. The first kappa shape index (κ1) is 10.9. The van der Waals surface area contributed by atoms with Crippen molar-refractivity contribution >= 4 is 11.4 Å². The third kappa shape index (κ3) is 2.48. The van der Waals surface area contributed by atoms with Crippen LogP contribution in [0.4, 0.5) is 0 Å². The molecule has 0 unspecified atom stereocenters. The third-order valence-corrected chi connectivity index (χ3v) is 2.53. The number of aromatic nitrogens is 1. The Kier molecular flexibility index (Phi) is 3.34. The molecule has 0 radical (unpaired) electrons. The number of rotatable bonds is 4. The van der Waals surface area contributed by atoms with Crippen LogP contribution in [0.15, 0.2) is 24.5 Å². The minimum atomic E-state index is 0.204. The number of carbonyl (C=O) groups is 1. The van der Waals surface area contributed by atoms with E-state index in [2.05, 4.69) is 11.9 Å². The van der Waals surface area contributed by atoms with Gasteiger partial charge >= 0.3 is 0 Å². The van der Waals surface area contributed by atoms with E-state index in [1.54, 1.807) is 18.5 Å². The highest BCUT2D eigenvalue weighted by molar-refractivity contribution is 6.01. The molecule has 0 aromatic carbocycles. The Bertz CT molecular complexity index is 424. The number of ether oxygens (including phenoxy) is 1. The van der Waals surface area contributed by atoms with E-state index in [1.807, 2.05) is 6.07 Å². The van der Waals surface area contributed by atoms with E-state index in [0.717, 1.165) is 29.7 Å². The maximum Gasteiger partial charge on any atom is 0.156 e. The summed E-state index contributed by atoms with van der Waals surface area (Å²) in [5.41, 5.74) is 2.07. The van der Waals surface area contributed by atoms with Gasteiger partial charge < -0.3 is 4.74 Å². The largest absolute Gasteiger partial charge is 0.492 e. The molecular weight excluding hydrogens is 202 g/mol. The standard InChI is InChI=1S/C13H15NO2/c1-2-5-16-13-7-11(8-14-9-13)10-3-4-12(15)6-10/h6-9H,2-5H2,1H3. The van der Waals surface area contributed by atoms with Crippen molar-refractivity contribution in [2.45, 2.75) is 26.2 Å². The van der Waals surface area contributed by atoms with Crippen LogP contribution in [0.2, 0.25) is 0 Å². The Hall–Kier alpha value is -1.64. The molecule has 1 aromatic rings. The highest BCUT2D eigenvalue weighted by Gasteiger charge is 2.14. The van der Waals surface area contributed by atoms with Gasteiger partial charge in [-0.25, -0.2) is 0 Å². The first-order chi connectivity index (χ1) is 7.79. The summed E-state index contributed by atoms with van der Waals surface area (Å²) in [4.78, 5) is 15.3. The number of ketones is 1. The molecular formula is C13H15NO2. The zero-order valence-electron chi connectivity index (χ0n) is 9.40. The van der Waals surface area contributed by atoms with Crippen molar-refractivity contribution in [1.29, 1.82) is 0 Å². The number of hydrogen-bond acceptors (Lipinski definition) is 3. The fourth-order valence-corrected chi connectivity index (χ4v) is 1.72. The van der Waals surface area contributed by atoms with Gasteiger partial charge in [-0.15, -0.1) is 0 Å². The van der Waals surface area contributed by atoms with Crippen molar-refractivity contribution in [3.8, 4) is 5.75 Å². The number of nitrogens with zero attached hydrogens (tertiary/aromatic N) is 1. The monoisotopic (exact) mass is 217 g/mol. The van der Waals surface area contributed by atoms with Gasteiger partial charge in [0.05, 0.1) is 12.8 Å². The normalized spacial score (nSPS) is 15.1. The van der Waals surface area contributed by atoms with Crippen LogP contribution >= 0.6 is 0 Å². The molecule has 1 aliphatic rings. The molecule has 3 heteroatoms. The molecule has 0 spiro atoms. The third-order valence-electron chi connectivity index (χ3n) is 2.53. The second kappa shape index (κ2) is 4.92. The topological polar surface area (TPSA) is 39.2 Å². The summed E-state index contributed by atoms with van der Waals surface area (Å²) in [5.74, 6) is 0.981. The van der Waals surface area contributed by atoms with Gasteiger partial charge in [-0.05, 0) is 36.1 Å². The summed E-state index contributed by atoms with van der Waals surface area (Å²) < 4.78 is 5.51. The molecule has 0 aliphatic heterocycles. The van der Waals surface area contributed by atoms with E-state index in [0.29, 0.717) is 13.0 Å². The van der Waals surface area contributed by atoms with Gasteiger partial charge in [0, 0.05) is 12.6 Å². The first-order valence-electron chi connectivity index (χ1n) is 5.61. The fraction of sp³-hybridized carbons (Fsp3) is 0.385. The van der Waals surface area contributed by atoms with E-state index >= 15 is 0 Å². The molecule has 1 aromatic heterocycles. The van der Waals surface area contributed by atoms with Crippen molar-refractivity contribution in [2.75, 3.05) is 6.61 Å². The van der Waals surface area contributed by atoms with Crippen molar-refractivity contribution in [3.05, 3.63) is 30.1 Å². The van der Waals surface area contributed by atoms with E-state index in [1.165, 1.54) is 0 Å². The second-order valence-electron chi connectivity index (χ2n) is 3.89. The molecule has 16 heavy (non-hydrogen) atoms. The zero-order chi connectivity index (χ0) is 11.4. The number of hydrogen-bond donors (Lipinski definition) is 0. The summed E-state index contributed by atoms with van der Waals surface area (Å²) in [6.07, 6.45) is 7.61. The van der Waals surface area contributed by atoms with Gasteiger partial charge in [-0.2, -0.15) is 0 Å². The highest BCUT2D eigenvalue weighted by Crippen LogP contribution is 2.27. The number of pyridine rings is 1. The number of allylic oxidation sites excluding steroid dienone is 2. The van der Waals surface area contributed by atoms with Crippen LogP contribution < -0.4 is 4.74 Å². The molecule has 1 heterocycles. The summed E-state index contributed by atoms with van der Waals surface area (Å²) in [7, 11) is 0. The Labute approximate surface area is 95.2 Å². The van der Waals surface area contributed by atoms with Crippen molar-refractivity contribution in [2.24, 2.45) is 0 Å². The number of carbonyl (C=O) groups excluding carboxylic acids is 1. The van der Waals surface area contributed by atoms with Gasteiger partial charge in [-0.3, -0.25) is 9.78 Å². The predicted octanol–water partition coefficient (Wildman–Crippen LogP) is 2.62. The van der Waals surface area contributed by atoms with Gasteiger partial charge in [-0.1, -0.05) is 6.92 Å². The average Bonchev–Trinajstić information content (AvgIpc) is 2.74. The molecule has 0 fully saturated rings. The van der Waals surface area contributed by atoms with Crippen molar-refractivity contribution in [3.63, 3.8) is 0 Å². The smallest absolute Gasteiger partial charge is 0.156 e. The molecule has 0 amide bonds. The summed E-state index contributed by atoms with van der Waals surface area (Å²) in [5, 5.41) is 0. The average molecular weight is 217 g/mol. The van der Waals surface area contributed by atoms with Crippen LogP contribution in [0.1, 0.15) is 31.7 Å². The molecule has 3 nitrogen and oxygen atoms in total. The summed E-state index contributed by atoms with van der Waals surface area (Å²) in [6.45, 7) is 2.76. The molecule has 0 atom stereocenters. The fourth-order valence-electron chi connectivity index (χ4n) is 1.72.